The van der Waals surface area contributed by atoms with E-state index in [0.29, 0.717) is 23.7 Å². The first-order chi connectivity index (χ1) is 12.1. The standard InChI is InChI=1S/C20H14Br2O3/c21-15-4-6-17(7-5-15)24-13-19-9-8-18(25-19)10-11-20(23)14-2-1-3-16(22)12-14/h1-12H,13H2/b11-10+. The maximum Gasteiger partial charge on any atom is 0.186 e. The largest absolute Gasteiger partial charge is 0.486 e. The minimum atomic E-state index is -0.0784. The van der Waals surface area contributed by atoms with Gasteiger partial charge in [-0.25, -0.2) is 0 Å². The van der Waals surface area contributed by atoms with E-state index in [9.17, 15) is 4.79 Å². The van der Waals surface area contributed by atoms with Gasteiger partial charge in [-0.1, -0.05) is 44.0 Å². The normalized spacial score (nSPS) is 11.0. The molecule has 1 heterocycles. The van der Waals surface area contributed by atoms with Gasteiger partial charge in [0.2, 0.25) is 0 Å². The van der Waals surface area contributed by atoms with E-state index < -0.39 is 0 Å². The lowest BCUT2D eigenvalue weighted by Crippen LogP contribution is -1.93. The predicted octanol–water partition coefficient (Wildman–Crippen LogP) is 6.28. The highest BCUT2D eigenvalue weighted by atomic mass is 79.9. The zero-order chi connectivity index (χ0) is 17.6. The number of ketones is 1. The summed E-state index contributed by atoms with van der Waals surface area (Å²) < 4.78 is 13.2. The molecule has 0 aliphatic carbocycles. The van der Waals surface area contributed by atoms with Crippen molar-refractivity contribution in [2.75, 3.05) is 0 Å². The lowest BCUT2D eigenvalue weighted by atomic mass is 10.1. The molecule has 0 spiro atoms. The Balaban J connectivity index is 1.59. The van der Waals surface area contributed by atoms with Gasteiger partial charge in [0.05, 0.1) is 0 Å². The van der Waals surface area contributed by atoms with Crippen LogP contribution in [0.15, 0.2) is 80.1 Å². The van der Waals surface area contributed by atoms with E-state index in [-0.39, 0.29) is 5.78 Å². The average molecular weight is 462 g/mol. The smallest absolute Gasteiger partial charge is 0.186 e. The first-order valence-electron chi connectivity index (χ1n) is 7.55. The van der Waals surface area contributed by atoms with Gasteiger partial charge in [0.1, 0.15) is 23.9 Å². The van der Waals surface area contributed by atoms with E-state index in [2.05, 4.69) is 31.9 Å². The van der Waals surface area contributed by atoms with E-state index >= 15 is 0 Å². The van der Waals surface area contributed by atoms with Gasteiger partial charge >= 0.3 is 0 Å². The number of carbonyl (C=O) groups excluding carboxylic acids is 1. The monoisotopic (exact) mass is 460 g/mol. The summed E-state index contributed by atoms with van der Waals surface area (Å²) in [6, 6.07) is 18.5. The highest BCUT2D eigenvalue weighted by molar-refractivity contribution is 9.10. The Labute approximate surface area is 162 Å². The molecule has 0 fully saturated rings. The lowest BCUT2D eigenvalue weighted by Gasteiger charge is -2.03. The van der Waals surface area contributed by atoms with Crippen LogP contribution in [0.2, 0.25) is 0 Å². The summed E-state index contributed by atoms with van der Waals surface area (Å²) in [5, 5.41) is 0. The van der Waals surface area contributed by atoms with Crippen molar-refractivity contribution in [1.82, 2.24) is 0 Å². The predicted molar refractivity (Wildman–Crippen MR) is 105 cm³/mol. The number of hydrogen-bond acceptors (Lipinski definition) is 3. The maximum atomic E-state index is 12.1. The maximum absolute atomic E-state index is 12.1. The fourth-order valence-corrected chi connectivity index (χ4v) is 2.81. The van der Waals surface area contributed by atoms with Crippen molar-refractivity contribution in [3.63, 3.8) is 0 Å². The first-order valence-corrected chi connectivity index (χ1v) is 9.14. The third-order valence-electron chi connectivity index (χ3n) is 3.39. The minimum Gasteiger partial charge on any atom is -0.486 e. The molecule has 1 aromatic heterocycles. The Morgan fingerprint density at radius 2 is 1.80 bits per heavy atom. The van der Waals surface area contributed by atoms with E-state index in [1.807, 2.05) is 48.5 Å². The number of furan rings is 1. The van der Waals surface area contributed by atoms with Crippen molar-refractivity contribution in [3.8, 4) is 5.75 Å². The fraction of sp³-hybridized carbons (Fsp3) is 0.0500. The number of allylic oxidation sites excluding steroid dienone is 1. The SMILES string of the molecule is O=C(/C=C/c1ccc(COc2ccc(Br)cc2)o1)c1cccc(Br)c1. The minimum absolute atomic E-state index is 0.0784. The van der Waals surface area contributed by atoms with Crippen molar-refractivity contribution >= 4 is 43.7 Å². The van der Waals surface area contributed by atoms with Crippen LogP contribution in [-0.2, 0) is 6.61 Å². The molecule has 3 rings (SSSR count). The van der Waals surface area contributed by atoms with E-state index in [0.717, 1.165) is 14.7 Å². The van der Waals surface area contributed by atoms with Gasteiger partial charge in [0.15, 0.2) is 5.78 Å². The molecule has 5 heteroatoms. The second-order valence-electron chi connectivity index (χ2n) is 5.25. The molecule has 0 N–H and O–H groups in total. The van der Waals surface area contributed by atoms with Crippen LogP contribution in [-0.4, -0.2) is 5.78 Å². The van der Waals surface area contributed by atoms with Gasteiger partial charge in [-0.3, -0.25) is 4.79 Å². The molecule has 0 radical (unpaired) electrons. The Hall–Kier alpha value is -2.11. The van der Waals surface area contributed by atoms with E-state index in [1.54, 1.807) is 18.2 Å². The summed E-state index contributed by atoms with van der Waals surface area (Å²) in [6.07, 6.45) is 3.16. The summed E-state index contributed by atoms with van der Waals surface area (Å²) in [5.41, 5.74) is 0.621. The second kappa shape index (κ2) is 8.32. The molecule has 0 atom stereocenters. The van der Waals surface area contributed by atoms with E-state index in [4.69, 9.17) is 9.15 Å². The molecule has 3 aromatic rings. The average Bonchev–Trinajstić information content (AvgIpc) is 3.07. The molecule has 126 valence electrons. The molecule has 0 aliphatic heterocycles. The molecule has 2 aromatic carbocycles. The van der Waals surface area contributed by atoms with Crippen molar-refractivity contribution in [2.24, 2.45) is 0 Å². The number of benzene rings is 2. The highest BCUT2D eigenvalue weighted by Crippen LogP contribution is 2.19. The van der Waals surface area contributed by atoms with Gasteiger partial charge in [-0.2, -0.15) is 0 Å². The van der Waals surface area contributed by atoms with Crippen molar-refractivity contribution in [3.05, 3.63) is 92.8 Å². The van der Waals surface area contributed by atoms with Crippen LogP contribution in [0.25, 0.3) is 6.08 Å². The molecule has 0 bridgehead atoms. The Kier molecular flexibility index (Phi) is 5.89. The molecular weight excluding hydrogens is 448 g/mol. The van der Waals surface area contributed by atoms with Crippen molar-refractivity contribution in [2.45, 2.75) is 6.61 Å². The number of ether oxygens (including phenoxy) is 1. The molecule has 0 aliphatic rings. The topological polar surface area (TPSA) is 39.4 Å². The van der Waals surface area contributed by atoms with Gasteiger partial charge in [-0.15, -0.1) is 0 Å². The van der Waals surface area contributed by atoms with Gasteiger partial charge in [0, 0.05) is 14.5 Å². The second-order valence-corrected chi connectivity index (χ2v) is 7.09. The molecule has 25 heavy (non-hydrogen) atoms. The van der Waals surface area contributed by atoms with E-state index in [1.165, 1.54) is 6.08 Å². The van der Waals surface area contributed by atoms with Gasteiger partial charge < -0.3 is 9.15 Å². The molecule has 0 amide bonds. The van der Waals surface area contributed by atoms with Crippen LogP contribution in [0, 0.1) is 0 Å². The third-order valence-corrected chi connectivity index (χ3v) is 4.41. The van der Waals surface area contributed by atoms with Crippen LogP contribution in [0.4, 0.5) is 0 Å². The Morgan fingerprint density at radius 1 is 1.00 bits per heavy atom. The molecule has 0 saturated heterocycles. The summed E-state index contributed by atoms with van der Waals surface area (Å²) in [4.78, 5) is 12.1. The van der Waals surface area contributed by atoms with Crippen LogP contribution in [0.5, 0.6) is 5.75 Å². The Morgan fingerprint density at radius 3 is 2.56 bits per heavy atom. The number of carbonyl (C=O) groups is 1. The molecule has 0 unspecified atom stereocenters. The summed E-state index contributed by atoms with van der Waals surface area (Å²) in [6.45, 7) is 0.328. The first kappa shape index (κ1) is 17.7. The van der Waals surface area contributed by atoms with Crippen LogP contribution in [0.1, 0.15) is 21.9 Å². The third kappa shape index (κ3) is 5.18. The van der Waals surface area contributed by atoms with Crippen LogP contribution in [0.3, 0.4) is 0 Å². The fourth-order valence-electron chi connectivity index (χ4n) is 2.14. The molecular formula is C20H14Br2O3. The number of hydrogen-bond donors (Lipinski definition) is 0. The summed E-state index contributed by atoms with van der Waals surface area (Å²) >= 11 is 6.74. The Bertz CT molecular complexity index is 895. The molecule has 3 nitrogen and oxygen atoms in total. The zero-order valence-corrected chi connectivity index (χ0v) is 16.3. The van der Waals surface area contributed by atoms with Crippen LogP contribution >= 0.6 is 31.9 Å². The highest BCUT2D eigenvalue weighted by Gasteiger charge is 2.04. The van der Waals surface area contributed by atoms with Crippen LogP contribution < -0.4 is 4.74 Å². The summed E-state index contributed by atoms with van der Waals surface area (Å²) in [5.74, 6) is 1.99. The zero-order valence-electron chi connectivity index (χ0n) is 13.1. The van der Waals surface area contributed by atoms with Crippen molar-refractivity contribution in [1.29, 1.82) is 0 Å². The van der Waals surface area contributed by atoms with Gasteiger partial charge in [-0.05, 0) is 60.7 Å². The summed E-state index contributed by atoms with van der Waals surface area (Å²) in [7, 11) is 0. The van der Waals surface area contributed by atoms with Crippen molar-refractivity contribution < 1.29 is 13.9 Å². The quantitative estimate of drug-likeness (QED) is 0.320. The van der Waals surface area contributed by atoms with Gasteiger partial charge in [0.25, 0.3) is 0 Å². The number of rotatable bonds is 6. The number of halogens is 2. The molecule has 0 saturated carbocycles. The lowest BCUT2D eigenvalue weighted by molar-refractivity contribution is 0.104.